The summed E-state index contributed by atoms with van der Waals surface area (Å²) in [4.78, 5) is 35.6. The highest BCUT2D eigenvalue weighted by Crippen LogP contribution is 2.18. The van der Waals surface area contributed by atoms with Crippen LogP contribution in [0.2, 0.25) is 0 Å². The van der Waals surface area contributed by atoms with Gasteiger partial charge < -0.3 is 15.4 Å². The number of nitrogens with one attached hydrogen (secondary N) is 3. The molecule has 0 saturated carbocycles. The lowest BCUT2D eigenvalue weighted by Crippen LogP contribution is -2.41. The molecule has 0 heterocycles. The Labute approximate surface area is 182 Å². The van der Waals surface area contributed by atoms with Crippen molar-refractivity contribution in [2.45, 2.75) is 40.2 Å². The van der Waals surface area contributed by atoms with Gasteiger partial charge in [0.1, 0.15) is 5.75 Å². The van der Waals surface area contributed by atoms with E-state index in [9.17, 15) is 14.4 Å². The fraction of sp³-hybridized carbons (Fsp3) is 0.304. The summed E-state index contributed by atoms with van der Waals surface area (Å²) in [5.74, 6) is -1.38. The largest absolute Gasteiger partial charge is 0.484 e. The van der Waals surface area contributed by atoms with Gasteiger partial charge in [0, 0.05) is 11.7 Å². The van der Waals surface area contributed by atoms with Crippen molar-refractivity contribution in [3.05, 3.63) is 59.2 Å². The van der Waals surface area contributed by atoms with Gasteiger partial charge in [-0.15, -0.1) is 0 Å². The predicted molar refractivity (Wildman–Crippen MR) is 120 cm³/mol. The maximum atomic E-state index is 12.2. The second-order valence-electron chi connectivity index (χ2n) is 7.14. The Hall–Kier alpha value is -3.68. The molecule has 8 heteroatoms. The molecule has 0 spiro atoms. The Kier molecular flexibility index (Phi) is 8.75. The van der Waals surface area contributed by atoms with E-state index in [1.807, 2.05) is 45.9 Å². The van der Waals surface area contributed by atoms with Gasteiger partial charge in [0.2, 0.25) is 0 Å². The van der Waals surface area contributed by atoms with E-state index in [2.05, 4.69) is 21.2 Å². The maximum absolute atomic E-state index is 12.2. The van der Waals surface area contributed by atoms with Crippen LogP contribution in [0.25, 0.3) is 0 Å². The minimum atomic E-state index is -0.841. The number of benzene rings is 2. The summed E-state index contributed by atoms with van der Waals surface area (Å²) in [5, 5.41) is 9.18. The molecule has 2 aromatic carbocycles. The number of hydrazone groups is 1. The molecular weight excluding hydrogens is 396 g/mol. The third kappa shape index (κ3) is 7.58. The summed E-state index contributed by atoms with van der Waals surface area (Å²) in [6.07, 6.45) is 2.11. The number of carbonyl (C=O) groups excluding carboxylic acids is 3. The molecule has 31 heavy (non-hydrogen) atoms. The predicted octanol–water partition coefficient (Wildman–Crippen LogP) is 2.69. The van der Waals surface area contributed by atoms with Gasteiger partial charge in [-0.05, 0) is 62.1 Å². The lowest BCUT2D eigenvalue weighted by atomic mass is 10.1. The van der Waals surface area contributed by atoms with Gasteiger partial charge in [-0.1, -0.05) is 31.2 Å². The van der Waals surface area contributed by atoms with Crippen LogP contribution < -0.4 is 20.8 Å². The fourth-order valence-electron chi connectivity index (χ4n) is 2.51. The molecule has 3 N–H and O–H groups in total. The lowest BCUT2D eigenvalue weighted by Gasteiger charge is -2.11. The molecule has 0 fully saturated rings. The molecule has 0 aromatic heterocycles. The Morgan fingerprint density at radius 1 is 1.10 bits per heavy atom. The zero-order chi connectivity index (χ0) is 22.8. The summed E-state index contributed by atoms with van der Waals surface area (Å²) in [6.45, 7) is 7.49. The van der Waals surface area contributed by atoms with Crippen molar-refractivity contribution in [1.29, 1.82) is 0 Å². The molecule has 0 aliphatic heterocycles. The van der Waals surface area contributed by atoms with Crippen molar-refractivity contribution in [2.75, 3.05) is 11.9 Å². The van der Waals surface area contributed by atoms with E-state index >= 15 is 0 Å². The Bertz CT molecular complexity index is 972. The van der Waals surface area contributed by atoms with E-state index in [1.165, 1.54) is 6.21 Å². The van der Waals surface area contributed by atoms with Crippen LogP contribution in [0, 0.1) is 13.8 Å². The first kappa shape index (κ1) is 23.6. The minimum Gasteiger partial charge on any atom is -0.484 e. The third-order valence-corrected chi connectivity index (χ3v) is 4.68. The number of rotatable bonds is 8. The molecule has 0 unspecified atom stereocenters. The minimum absolute atomic E-state index is 0.0944. The number of aryl methyl sites for hydroxylation is 1. The molecule has 0 radical (unpaired) electrons. The molecule has 164 valence electrons. The first-order chi connectivity index (χ1) is 14.8. The summed E-state index contributed by atoms with van der Waals surface area (Å²) < 4.78 is 5.55. The molecule has 1 atom stereocenters. The second-order valence-corrected chi connectivity index (χ2v) is 7.14. The number of hydrogen-bond acceptors (Lipinski definition) is 5. The Morgan fingerprint density at radius 3 is 2.58 bits per heavy atom. The SMILES string of the molecule is CC[C@@H](C)NC(=O)C(=O)N/N=C\c1cccc(OCC(=O)Nc2cccc(C)c2C)c1. The van der Waals surface area contributed by atoms with Gasteiger partial charge in [-0.3, -0.25) is 14.4 Å². The maximum Gasteiger partial charge on any atom is 0.329 e. The van der Waals surface area contributed by atoms with Crippen molar-refractivity contribution < 1.29 is 19.1 Å². The van der Waals surface area contributed by atoms with Crippen molar-refractivity contribution >= 4 is 29.6 Å². The molecular formula is C23H28N4O4. The second kappa shape index (κ2) is 11.5. The molecule has 0 aliphatic carbocycles. The topological polar surface area (TPSA) is 109 Å². The number of ether oxygens (including phenoxy) is 1. The van der Waals surface area contributed by atoms with E-state index in [-0.39, 0.29) is 18.6 Å². The summed E-state index contributed by atoms with van der Waals surface area (Å²) in [5.41, 5.74) is 5.67. The average Bonchev–Trinajstić information content (AvgIpc) is 2.75. The fourth-order valence-corrected chi connectivity index (χ4v) is 2.51. The van der Waals surface area contributed by atoms with Gasteiger partial charge in [-0.25, -0.2) is 5.43 Å². The van der Waals surface area contributed by atoms with Crippen LogP contribution in [-0.4, -0.2) is 36.6 Å². The van der Waals surface area contributed by atoms with E-state index in [4.69, 9.17) is 4.74 Å². The highest BCUT2D eigenvalue weighted by atomic mass is 16.5. The van der Waals surface area contributed by atoms with Crippen LogP contribution in [0.5, 0.6) is 5.75 Å². The van der Waals surface area contributed by atoms with Gasteiger partial charge in [0.25, 0.3) is 5.91 Å². The van der Waals surface area contributed by atoms with Crippen LogP contribution >= 0.6 is 0 Å². The summed E-state index contributed by atoms with van der Waals surface area (Å²) >= 11 is 0. The highest BCUT2D eigenvalue weighted by molar-refractivity contribution is 6.35. The number of nitrogens with zero attached hydrogens (tertiary/aromatic N) is 1. The van der Waals surface area contributed by atoms with Crippen molar-refractivity contribution in [3.8, 4) is 5.75 Å². The van der Waals surface area contributed by atoms with Gasteiger partial charge in [0.15, 0.2) is 6.61 Å². The lowest BCUT2D eigenvalue weighted by molar-refractivity contribution is -0.139. The van der Waals surface area contributed by atoms with Gasteiger partial charge >= 0.3 is 11.8 Å². The van der Waals surface area contributed by atoms with Crippen LogP contribution in [0.1, 0.15) is 37.0 Å². The van der Waals surface area contributed by atoms with Crippen LogP contribution in [-0.2, 0) is 14.4 Å². The van der Waals surface area contributed by atoms with E-state index < -0.39 is 11.8 Å². The Morgan fingerprint density at radius 2 is 1.84 bits per heavy atom. The zero-order valence-corrected chi connectivity index (χ0v) is 18.2. The highest BCUT2D eigenvalue weighted by Gasteiger charge is 2.14. The van der Waals surface area contributed by atoms with Gasteiger partial charge in [-0.2, -0.15) is 5.10 Å². The van der Waals surface area contributed by atoms with E-state index in [0.29, 0.717) is 11.3 Å². The number of amides is 3. The van der Waals surface area contributed by atoms with Crippen LogP contribution in [0.15, 0.2) is 47.6 Å². The first-order valence-electron chi connectivity index (χ1n) is 10.0. The van der Waals surface area contributed by atoms with Crippen LogP contribution in [0.3, 0.4) is 0 Å². The van der Waals surface area contributed by atoms with Crippen molar-refractivity contribution in [2.24, 2.45) is 5.10 Å². The van der Waals surface area contributed by atoms with Crippen molar-refractivity contribution in [3.63, 3.8) is 0 Å². The molecule has 8 nitrogen and oxygen atoms in total. The number of anilines is 1. The molecule has 0 aliphatic rings. The smallest absolute Gasteiger partial charge is 0.329 e. The number of hydrogen-bond donors (Lipinski definition) is 3. The standard InChI is InChI=1S/C23H28N4O4/c1-5-16(3)25-22(29)23(30)27-24-13-18-9-7-10-19(12-18)31-14-21(28)26-20-11-6-8-15(2)17(20)4/h6-13,16H,5,14H2,1-4H3,(H,25,29)(H,26,28)(H,27,30)/b24-13-/t16-/m1/s1. The normalized spacial score (nSPS) is 11.6. The quantitative estimate of drug-likeness (QED) is 0.344. The molecule has 0 saturated heterocycles. The average molecular weight is 425 g/mol. The summed E-state index contributed by atoms with van der Waals surface area (Å²) in [6, 6.07) is 12.5. The van der Waals surface area contributed by atoms with Crippen LogP contribution in [0.4, 0.5) is 5.69 Å². The zero-order valence-electron chi connectivity index (χ0n) is 18.2. The van der Waals surface area contributed by atoms with E-state index in [0.717, 1.165) is 23.2 Å². The van der Waals surface area contributed by atoms with Crippen molar-refractivity contribution in [1.82, 2.24) is 10.7 Å². The molecule has 0 bridgehead atoms. The third-order valence-electron chi connectivity index (χ3n) is 4.68. The first-order valence-corrected chi connectivity index (χ1v) is 10.0. The molecule has 2 aromatic rings. The monoisotopic (exact) mass is 424 g/mol. The Balaban J connectivity index is 1.86. The number of carbonyl (C=O) groups is 3. The summed E-state index contributed by atoms with van der Waals surface area (Å²) in [7, 11) is 0. The molecule has 3 amide bonds. The van der Waals surface area contributed by atoms with Gasteiger partial charge in [0.05, 0.1) is 6.21 Å². The molecule has 2 rings (SSSR count). The van der Waals surface area contributed by atoms with E-state index in [1.54, 1.807) is 24.3 Å².